The Bertz CT molecular complexity index is 996. The zero-order valence-corrected chi connectivity index (χ0v) is 17.0. The van der Waals surface area contributed by atoms with E-state index in [-0.39, 0.29) is 31.1 Å². The first kappa shape index (κ1) is 21.4. The Labute approximate surface area is 175 Å². The third-order valence-electron chi connectivity index (χ3n) is 4.56. The Morgan fingerprint density at radius 3 is 1.97 bits per heavy atom. The maximum atomic E-state index is 12.3. The number of aliphatic hydroxyl groups excluding tert-OH is 1. The lowest BCUT2D eigenvalue weighted by molar-refractivity contribution is 0.0585. The Kier molecular flexibility index (Phi) is 7.48. The van der Waals surface area contributed by atoms with E-state index < -0.39 is 0 Å². The summed E-state index contributed by atoms with van der Waals surface area (Å²) >= 11 is 0. The standard InChI is InChI=1S/C23H25NO6/c1-27-20-7-3-17(4-8-20)14-29-16-24-12-23(22(26)11-19(24)13-25)30-15-18-5-9-21(28-2)10-6-18/h3-12,25H,13-16H2,1-2H3. The molecule has 7 heteroatoms. The van der Waals surface area contributed by atoms with E-state index in [2.05, 4.69) is 0 Å². The number of nitrogens with zero attached hydrogens (tertiary/aromatic N) is 1. The van der Waals surface area contributed by atoms with Crippen molar-refractivity contribution in [1.29, 1.82) is 0 Å². The van der Waals surface area contributed by atoms with Crippen LogP contribution in [-0.2, 0) is 31.3 Å². The lowest BCUT2D eigenvalue weighted by Crippen LogP contribution is -2.16. The fourth-order valence-corrected chi connectivity index (χ4v) is 2.82. The summed E-state index contributed by atoms with van der Waals surface area (Å²) in [5, 5.41) is 9.58. The fraction of sp³-hybridized carbons (Fsp3) is 0.261. The van der Waals surface area contributed by atoms with Crippen molar-refractivity contribution in [3.05, 3.63) is 87.8 Å². The first-order chi connectivity index (χ1) is 14.6. The van der Waals surface area contributed by atoms with Crippen LogP contribution in [0.15, 0.2) is 65.6 Å². The number of hydrogen-bond acceptors (Lipinski definition) is 6. The van der Waals surface area contributed by atoms with Gasteiger partial charge in [-0.15, -0.1) is 0 Å². The van der Waals surface area contributed by atoms with Gasteiger partial charge in [-0.1, -0.05) is 24.3 Å². The summed E-state index contributed by atoms with van der Waals surface area (Å²) in [6, 6.07) is 16.3. The maximum Gasteiger partial charge on any atom is 0.223 e. The van der Waals surface area contributed by atoms with Crippen molar-refractivity contribution in [3.63, 3.8) is 0 Å². The van der Waals surface area contributed by atoms with Crippen LogP contribution in [-0.4, -0.2) is 23.9 Å². The van der Waals surface area contributed by atoms with Crippen LogP contribution in [0, 0.1) is 0 Å². The van der Waals surface area contributed by atoms with Gasteiger partial charge in [0, 0.05) is 11.8 Å². The number of methoxy groups -OCH3 is 2. The molecule has 3 rings (SSSR count). The molecule has 7 nitrogen and oxygen atoms in total. The average molecular weight is 411 g/mol. The van der Waals surface area contributed by atoms with Gasteiger partial charge in [0.05, 0.1) is 33.6 Å². The number of hydrogen-bond donors (Lipinski definition) is 1. The SMILES string of the molecule is COc1ccc(COCn2cc(OCc3ccc(OC)cc3)c(=O)cc2CO)cc1. The summed E-state index contributed by atoms with van der Waals surface area (Å²) in [6.45, 7) is 0.508. The van der Waals surface area contributed by atoms with Crippen molar-refractivity contribution < 1.29 is 24.1 Å². The van der Waals surface area contributed by atoms with Gasteiger partial charge in [-0.2, -0.15) is 0 Å². The number of aromatic nitrogens is 1. The number of rotatable bonds is 10. The van der Waals surface area contributed by atoms with Gasteiger partial charge in [0.1, 0.15) is 24.8 Å². The van der Waals surface area contributed by atoms with Crippen LogP contribution in [0.5, 0.6) is 17.2 Å². The highest BCUT2D eigenvalue weighted by molar-refractivity contribution is 5.28. The molecule has 0 aliphatic carbocycles. The Hall–Kier alpha value is -3.29. The van der Waals surface area contributed by atoms with E-state index >= 15 is 0 Å². The molecule has 1 N–H and O–H groups in total. The Balaban J connectivity index is 1.64. The number of aliphatic hydroxyl groups is 1. The third kappa shape index (κ3) is 5.62. The molecule has 0 unspecified atom stereocenters. The summed E-state index contributed by atoms with van der Waals surface area (Å²) in [4.78, 5) is 12.3. The predicted octanol–water partition coefficient (Wildman–Crippen LogP) is 3.11. The number of pyridine rings is 1. The van der Waals surface area contributed by atoms with Crippen LogP contribution in [0.4, 0.5) is 0 Å². The van der Waals surface area contributed by atoms with E-state index in [0.29, 0.717) is 12.3 Å². The lowest BCUT2D eigenvalue weighted by atomic mass is 10.2. The molecule has 0 spiro atoms. The van der Waals surface area contributed by atoms with Crippen LogP contribution < -0.4 is 19.6 Å². The van der Waals surface area contributed by atoms with Crippen LogP contribution >= 0.6 is 0 Å². The van der Waals surface area contributed by atoms with Crippen LogP contribution in [0.25, 0.3) is 0 Å². The summed E-state index contributed by atoms with van der Waals surface area (Å²) < 4.78 is 23.4. The van der Waals surface area contributed by atoms with E-state index in [9.17, 15) is 9.90 Å². The molecule has 2 aromatic carbocycles. The second kappa shape index (κ2) is 10.5. The van der Waals surface area contributed by atoms with Crippen molar-refractivity contribution in [1.82, 2.24) is 4.57 Å². The highest BCUT2D eigenvalue weighted by atomic mass is 16.5. The lowest BCUT2D eigenvalue weighted by Gasteiger charge is -2.15. The average Bonchev–Trinajstić information content (AvgIpc) is 2.79. The van der Waals surface area contributed by atoms with E-state index in [1.54, 1.807) is 25.0 Å². The van der Waals surface area contributed by atoms with Gasteiger partial charge in [0.25, 0.3) is 0 Å². The molecule has 158 valence electrons. The normalized spacial score (nSPS) is 10.6. The molecule has 0 fully saturated rings. The first-order valence-corrected chi connectivity index (χ1v) is 9.43. The molecule has 0 radical (unpaired) electrons. The van der Waals surface area contributed by atoms with Gasteiger partial charge in [-0.3, -0.25) is 4.79 Å². The summed E-state index contributed by atoms with van der Waals surface area (Å²) in [5.41, 5.74) is 2.05. The molecule has 1 heterocycles. The van der Waals surface area contributed by atoms with Gasteiger partial charge >= 0.3 is 0 Å². The molecule has 0 saturated heterocycles. The molecule has 0 atom stereocenters. The Morgan fingerprint density at radius 1 is 0.867 bits per heavy atom. The topological polar surface area (TPSA) is 79.2 Å². The van der Waals surface area contributed by atoms with Gasteiger partial charge in [0.2, 0.25) is 5.43 Å². The van der Waals surface area contributed by atoms with Gasteiger partial charge in [0.15, 0.2) is 5.75 Å². The van der Waals surface area contributed by atoms with Crippen molar-refractivity contribution in [2.24, 2.45) is 0 Å². The predicted molar refractivity (Wildman–Crippen MR) is 112 cm³/mol. The maximum absolute atomic E-state index is 12.3. The largest absolute Gasteiger partial charge is 0.497 e. The smallest absolute Gasteiger partial charge is 0.223 e. The van der Waals surface area contributed by atoms with Crippen molar-refractivity contribution in [2.75, 3.05) is 14.2 Å². The zero-order valence-electron chi connectivity index (χ0n) is 17.0. The van der Waals surface area contributed by atoms with E-state index in [1.807, 2.05) is 48.5 Å². The number of ether oxygens (including phenoxy) is 4. The summed E-state index contributed by atoms with van der Waals surface area (Å²) in [7, 11) is 3.22. The fourth-order valence-electron chi connectivity index (χ4n) is 2.82. The second-order valence-corrected chi connectivity index (χ2v) is 6.58. The Morgan fingerprint density at radius 2 is 1.43 bits per heavy atom. The minimum Gasteiger partial charge on any atom is -0.497 e. The molecular weight excluding hydrogens is 386 g/mol. The van der Waals surface area contributed by atoms with Crippen molar-refractivity contribution in [3.8, 4) is 17.2 Å². The summed E-state index contributed by atoms with van der Waals surface area (Å²) in [5.74, 6) is 1.72. The molecule has 1 aromatic heterocycles. The summed E-state index contributed by atoms with van der Waals surface area (Å²) in [6.07, 6.45) is 1.56. The van der Waals surface area contributed by atoms with E-state index in [4.69, 9.17) is 18.9 Å². The first-order valence-electron chi connectivity index (χ1n) is 9.43. The molecule has 0 amide bonds. The van der Waals surface area contributed by atoms with Gasteiger partial charge < -0.3 is 28.6 Å². The molecule has 0 aliphatic heterocycles. The van der Waals surface area contributed by atoms with Crippen molar-refractivity contribution >= 4 is 0 Å². The molecule has 30 heavy (non-hydrogen) atoms. The third-order valence-corrected chi connectivity index (χ3v) is 4.56. The van der Waals surface area contributed by atoms with Crippen LogP contribution in [0.3, 0.4) is 0 Å². The molecular formula is C23H25NO6. The van der Waals surface area contributed by atoms with Gasteiger partial charge in [-0.05, 0) is 35.4 Å². The molecule has 0 aliphatic rings. The molecule has 0 saturated carbocycles. The zero-order chi connectivity index (χ0) is 21.3. The monoisotopic (exact) mass is 411 g/mol. The highest BCUT2D eigenvalue weighted by Gasteiger charge is 2.08. The quantitative estimate of drug-likeness (QED) is 0.552. The molecule has 3 aromatic rings. The second-order valence-electron chi connectivity index (χ2n) is 6.58. The van der Waals surface area contributed by atoms with Crippen molar-refractivity contribution in [2.45, 2.75) is 26.6 Å². The molecule has 0 bridgehead atoms. The highest BCUT2D eigenvalue weighted by Crippen LogP contribution is 2.15. The van der Waals surface area contributed by atoms with Crippen LogP contribution in [0.1, 0.15) is 16.8 Å². The van der Waals surface area contributed by atoms with Crippen LogP contribution in [0.2, 0.25) is 0 Å². The minimum atomic E-state index is -0.293. The van der Waals surface area contributed by atoms with E-state index in [0.717, 1.165) is 22.6 Å². The minimum absolute atomic E-state index is 0.168. The van der Waals surface area contributed by atoms with Gasteiger partial charge in [-0.25, -0.2) is 0 Å². The van der Waals surface area contributed by atoms with E-state index in [1.165, 1.54) is 6.07 Å². The number of benzene rings is 2.